The summed E-state index contributed by atoms with van der Waals surface area (Å²) in [6.45, 7) is 8.30. The van der Waals surface area contributed by atoms with Gasteiger partial charge in [-0.3, -0.25) is 0 Å². The molecule has 2 atom stereocenters. The maximum Gasteiger partial charge on any atom is 0.123 e. The third-order valence-electron chi connectivity index (χ3n) is 3.77. The highest BCUT2D eigenvalue weighted by molar-refractivity contribution is 5.42. The Morgan fingerprint density at radius 3 is 2.30 bits per heavy atom. The number of hydrogen-bond donors (Lipinski definition) is 1. The van der Waals surface area contributed by atoms with E-state index < -0.39 is 0 Å². The van der Waals surface area contributed by atoms with Crippen molar-refractivity contribution in [2.75, 3.05) is 0 Å². The van der Waals surface area contributed by atoms with Crippen molar-refractivity contribution in [3.05, 3.63) is 64.7 Å². The van der Waals surface area contributed by atoms with Crippen molar-refractivity contribution in [1.82, 2.24) is 0 Å². The molecule has 0 spiro atoms. The number of benzene rings is 2. The van der Waals surface area contributed by atoms with Crippen LogP contribution in [0, 0.1) is 20.8 Å². The summed E-state index contributed by atoms with van der Waals surface area (Å²) < 4.78 is 6.10. The molecule has 2 nitrogen and oxygen atoms in total. The van der Waals surface area contributed by atoms with Gasteiger partial charge >= 0.3 is 0 Å². The van der Waals surface area contributed by atoms with Gasteiger partial charge in [-0.05, 0) is 56.0 Å². The van der Waals surface area contributed by atoms with Crippen molar-refractivity contribution >= 4 is 0 Å². The van der Waals surface area contributed by atoms with Crippen LogP contribution in [0.25, 0.3) is 0 Å². The molecule has 0 aromatic heterocycles. The van der Waals surface area contributed by atoms with Gasteiger partial charge in [0.05, 0.1) is 6.04 Å². The van der Waals surface area contributed by atoms with Crippen LogP contribution in [0.1, 0.15) is 35.2 Å². The Bertz CT molecular complexity index is 577. The molecule has 2 N–H and O–H groups in total. The smallest absolute Gasteiger partial charge is 0.123 e. The van der Waals surface area contributed by atoms with Crippen LogP contribution in [0.4, 0.5) is 0 Å². The lowest BCUT2D eigenvalue weighted by Crippen LogP contribution is -2.29. The largest absolute Gasteiger partial charge is 0.488 e. The Hall–Kier alpha value is -1.80. The highest BCUT2D eigenvalue weighted by Gasteiger charge is 2.17. The highest BCUT2D eigenvalue weighted by Crippen LogP contribution is 2.26. The zero-order valence-electron chi connectivity index (χ0n) is 12.7. The maximum absolute atomic E-state index is 6.29. The van der Waals surface area contributed by atoms with Crippen molar-refractivity contribution in [2.24, 2.45) is 5.73 Å². The van der Waals surface area contributed by atoms with E-state index in [-0.39, 0.29) is 12.1 Å². The second-order valence-electron chi connectivity index (χ2n) is 5.46. The topological polar surface area (TPSA) is 35.2 Å². The molecule has 0 fully saturated rings. The first-order chi connectivity index (χ1) is 9.49. The normalized spacial score (nSPS) is 13.8. The molecule has 2 rings (SSSR count). The number of aryl methyl sites for hydroxylation is 2. The maximum atomic E-state index is 6.29. The van der Waals surface area contributed by atoms with E-state index in [1.165, 1.54) is 16.7 Å². The van der Waals surface area contributed by atoms with Crippen LogP contribution >= 0.6 is 0 Å². The fourth-order valence-electron chi connectivity index (χ4n) is 2.34. The lowest BCUT2D eigenvalue weighted by Gasteiger charge is -2.23. The third-order valence-corrected chi connectivity index (χ3v) is 3.77. The van der Waals surface area contributed by atoms with Crippen LogP contribution in [0.15, 0.2) is 42.5 Å². The third kappa shape index (κ3) is 3.20. The first-order valence-electron chi connectivity index (χ1n) is 7.04. The van der Waals surface area contributed by atoms with Gasteiger partial charge < -0.3 is 10.5 Å². The average molecular weight is 269 g/mol. The van der Waals surface area contributed by atoms with Crippen LogP contribution in [0.2, 0.25) is 0 Å². The quantitative estimate of drug-likeness (QED) is 0.907. The SMILES string of the molecule is Cc1cc(C)c(C)c(OC(C)C(N)c2ccccc2)c1. The van der Waals surface area contributed by atoms with Gasteiger partial charge in [0.2, 0.25) is 0 Å². The van der Waals surface area contributed by atoms with Gasteiger partial charge in [-0.2, -0.15) is 0 Å². The molecular weight excluding hydrogens is 246 g/mol. The molecule has 2 unspecified atom stereocenters. The second-order valence-corrected chi connectivity index (χ2v) is 5.46. The van der Waals surface area contributed by atoms with Gasteiger partial charge in [-0.25, -0.2) is 0 Å². The molecule has 0 saturated carbocycles. The van der Waals surface area contributed by atoms with Crippen molar-refractivity contribution in [3.8, 4) is 5.75 Å². The summed E-state index contributed by atoms with van der Waals surface area (Å²) in [6, 6.07) is 14.2. The summed E-state index contributed by atoms with van der Waals surface area (Å²) in [7, 11) is 0. The summed E-state index contributed by atoms with van der Waals surface area (Å²) in [5.41, 5.74) is 11.0. The van der Waals surface area contributed by atoms with Crippen LogP contribution < -0.4 is 10.5 Å². The summed E-state index contributed by atoms with van der Waals surface area (Å²) in [4.78, 5) is 0. The molecule has 0 bridgehead atoms. The fourth-order valence-corrected chi connectivity index (χ4v) is 2.34. The molecule has 0 saturated heterocycles. The molecule has 20 heavy (non-hydrogen) atoms. The first kappa shape index (κ1) is 14.6. The molecule has 0 radical (unpaired) electrons. The van der Waals surface area contributed by atoms with Crippen molar-refractivity contribution in [3.63, 3.8) is 0 Å². The fraction of sp³-hybridized carbons (Fsp3) is 0.333. The number of rotatable bonds is 4. The Morgan fingerprint density at radius 2 is 1.65 bits per heavy atom. The minimum Gasteiger partial charge on any atom is -0.488 e. The molecule has 0 aliphatic rings. The molecule has 0 aliphatic heterocycles. The van der Waals surface area contributed by atoms with Crippen molar-refractivity contribution < 1.29 is 4.74 Å². The average Bonchev–Trinajstić information content (AvgIpc) is 2.44. The van der Waals surface area contributed by atoms with Gasteiger partial charge in [0.1, 0.15) is 11.9 Å². The van der Waals surface area contributed by atoms with E-state index >= 15 is 0 Å². The second kappa shape index (κ2) is 6.10. The van der Waals surface area contributed by atoms with Gasteiger partial charge in [0, 0.05) is 0 Å². The van der Waals surface area contributed by atoms with Crippen LogP contribution in [0.5, 0.6) is 5.75 Å². The van der Waals surface area contributed by atoms with Gasteiger partial charge in [0.15, 0.2) is 0 Å². The number of ether oxygens (including phenoxy) is 1. The zero-order chi connectivity index (χ0) is 14.7. The van der Waals surface area contributed by atoms with E-state index in [4.69, 9.17) is 10.5 Å². The van der Waals surface area contributed by atoms with Gasteiger partial charge in [0.25, 0.3) is 0 Å². The molecule has 2 heteroatoms. The van der Waals surface area contributed by atoms with Crippen LogP contribution in [-0.2, 0) is 0 Å². The molecular formula is C18H23NO. The van der Waals surface area contributed by atoms with E-state index in [2.05, 4.69) is 32.9 Å². The van der Waals surface area contributed by atoms with E-state index in [1.54, 1.807) is 0 Å². The lowest BCUT2D eigenvalue weighted by molar-refractivity contribution is 0.189. The molecule has 2 aromatic rings. The van der Waals surface area contributed by atoms with E-state index in [1.807, 2.05) is 37.3 Å². The van der Waals surface area contributed by atoms with Gasteiger partial charge in [-0.15, -0.1) is 0 Å². The number of nitrogens with two attached hydrogens (primary N) is 1. The summed E-state index contributed by atoms with van der Waals surface area (Å²) >= 11 is 0. The predicted molar refractivity (Wildman–Crippen MR) is 84.1 cm³/mol. The Kier molecular flexibility index (Phi) is 4.46. The van der Waals surface area contributed by atoms with Crippen molar-refractivity contribution in [1.29, 1.82) is 0 Å². The molecule has 0 heterocycles. The summed E-state index contributed by atoms with van der Waals surface area (Å²) in [6.07, 6.45) is -0.0719. The molecule has 0 amide bonds. The van der Waals surface area contributed by atoms with Gasteiger partial charge in [-0.1, -0.05) is 36.4 Å². The summed E-state index contributed by atoms with van der Waals surface area (Å²) in [5, 5.41) is 0. The van der Waals surface area contributed by atoms with E-state index in [9.17, 15) is 0 Å². The standard InChI is InChI=1S/C18H23NO/c1-12-10-13(2)14(3)17(11-12)20-15(4)18(19)16-8-6-5-7-9-16/h5-11,15,18H,19H2,1-4H3. The molecule has 2 aromatic carbocycles. The first-order valence-corrected chi connectivity index (χ1v) is 7.04. The predicted octanol–water partition coefficient (Wildman–Crippen LogP) is 4.08. The molecule has 0 aliphatic carbocycles. The van der Waals surface area contributed by atoms with Crippen LogP contribution in [-0.4, -0.2) is 6.10 Å². The number of hydrogen-bond acceptors (Lipinski definition) is 2. The highest BCUT2D eigenvalue weighted by atomic mass is 16.5. The zero-order valence-corrected chi connectivity index (χ0v) is 12.7. The Labute approximate surface area is 121 Å². The Balaban J connectivity index is 2.18. The monoisotopic (exact) mass is 269 g/mol. The van der Waals surface area contributed by atoms with E-state index in [0.29, 0.717) is 0 Å². The molecule has 106 valence electrons. The van der Waals surface area contributed by atoms with E-state index in [0.717, 1.165) is 11.3 Å². The van der Waals surface area contributed by atoms with Crippen molar-refractivity contribution in [2.45, 2.75) is 39.8 Å². The summed E-state index contributed by atoms with van der Waals surface area (Å²) in [5.74, 6) is 0.932. The minimum atomic E-state index is -0.128. The minimum absolute atomic E-state index is 0.0719. The van der Waals surface area contributed by atoms with Crippen LogP contribution in [0.3, 0.4) is 0 Å². The Morgan fingerprint density at radius 1 is 1.00 bits per heavy atom. The lowest BCUT2D eigenvalue weighted by atomic mass is 10.0.